The van der Waals surface area contributed by atoms with Crippen molar-refractivity contribution < 1.29 is 23.9 Å². The summed E-state index contributed by atoms with van der Waals surface area (Å²) in [6.45, 7) is 11.1. The van der Waals surface area contributed by atoms with Gasteiger partial charge in [-0.2, -0.15) is 15.8 Å². The highest BCUT2D eigenvalue weighted by molar-refractivity contribution is 6.43. The van der Waals surface area contributed by atoms with Crippen LogP contribution in [0.2, 0.25) is 30.1 Å². The van der Waals surface area contributed by atoms with Crippen LogP contribution in [-0.2, 0) is 7.05 Å². The molecule has 0 spiro atoms. The summed E-state index contributed by atoms with van der Waals surface area (Å²) in [5.41, 5.74) is 7.84. The molecule has 0 bridgehead atoms. The number of amides is 3. The number of benzene rings is 6. The van der Waals surface area contributed by atoms with E-state index in [1.54, 1.807) is 76.3 Å². The van der Waals surface area contributed by atoms with Crippen molar-refractivity contribution in [3.8, 4) is 30.0 Å². The highest BCUT2D eigenvalue weighted by atomic mass is 35.5. The average molecular weight is 1480 g/mol. The van der Waals surface area contributed by atoms with E-state index in [1.165, 1.54) is 4.57 Å². The van der Waals surface area contributed by atoms with Gasteiger partial charge in [0.1, 0.15) is 34.9 Å². The molecule has 3 aliphatic rings. The molecule has 0 N–H and O–H groups in total. The number of nitrogens with zero attached hydrogens (tertiary/aromatic N) is 14. The van der Waals surface area contributed by atoms with Gasteiger partial charge in [0.05, 0.1) is 77.0 Å². The summed E-state index contributed by atoms with van der Waals surface area (Å²) < 4.78 is 13.5. The molecule has 0 radical (unpaired) electrons. The van der Waals surface area contributed by atoms with Crippen molar-refractivity contribution in [2.75, 3.05) is 148 Å². The minimum absolute atomic E-state index is 0.0888. The molecule has 20 nitrogen and oxygen atoms in total. The molecule has 3 amide bonds. The number of pyridine rings is 3. The zero-order chi connectivity index (χ0) is 72.2. The lowest BCUT2D eigenvalue weighted by Gasteiger charge is -2.37. The van der Waals surface area contributed by atoms with Gasteiger partial charge < -0.3 is 53.2 Å². The number of hydrogen-bond donors (Lipinski definition) is 0. The Morgan fingerprint density at radius 3 is 1.22 bits per heavy atom. The van der Waals surface area contributed by atoms with Crippen LogP contribution in [0.1, 0.15) is 66.2 Å². The maximum atomic E-state index is 13.1. The second-order valence-corrected chi connectivity index (χ2v) is 27.4. The monoisotopic (exact) mass is 1480 g/mol. The third-order valence-electron chi connectivity index (χ3n) is 17.6. The number of fused-ring (bicyclic) bond motifs is 3. The van der Waals surface area contributed by atoms with Crippen molar-refractivity contribution in [2.45, 2.75) is 19.8 Å². The molecule has 0 atom stereocenters. The van der Waals surface area contributed by atoms with Crippen molar-refractivity contribution in [2.24, 2.45) is 7.05 Å². The second kappa shape index (κ2) is 34.0. The van der Waals surface area contributed by atoms with Gasteiger partial charge in [-0.1, -0.05) is 118 Å². The molecule has 6 aromatic carbocycles. The van der Waals surface area contributed by atoms with Crippen LogP contribution >= 0.6 is 69.6 Å². The van der Waals surface area contributed by atoms with Gasteiger partial charge in [0, 0.05) is 132 Å². The van der Waals surface area contributed by atoms with E-state index in [0.29, 0.717) is 167 Å². The third-order valence-corrected chi connectivity index (χ3v) is 19.9. The highest BCUT2D eigenvalue weighted by Crippen LogP contribution is 2.39. The summed E-state index contributed by atoms with van der Waals surface area (Å²) >= 11 is 36.2. The summed E-state index contributed by atoms with van der Waals surface area (Å²) in [5.74, 6) is 0.413. The molecule has 3 fully saturated rings. The fourth-order valence-corrected chi connectivity index (χ4v) is 13.3. The largest absolute Gasteiger partial charge is 0.477 e. The van der Waals surface area contributed by atoms with E-state index in [2.05, 4.69) is 53.8 Å². The number of nitriles is 3. The topological polar surface area (TPSA) is 215 Å². The molecule has 3 saturated heterocycles. The minimum Gasteiger partial charge on any atom is -0.477 e. The molecule has 6 heterocycles. The van der Waals surface area contributed by atoms with Gasteiger partial charge >= 0.3 is 0 Å². The molecule has 101 heavy (non-hydrogen) atoms. The number of ether oxygens (including phenoxy) is 2. The number of rotatable bonds is 16. The number of aryl methyl sites for hydroxylation is 2. The smallest absolute Gasteiger partial charge is 0.270 e. The van der Waals surface area contributed by atoms with Crippen molar-refractivity contribution in [1.29, 1.82) is 15.8 Å². The van der Waals surface area contributed by atoms with Crippen molar-refractivity contribution in [3.63, 3.8) is 0 Å². The van der Waals surface area contributed by atoms with Gasteiger partial charge in [-0.3, -0.25) is 19.2 Å². The Labute approximate surface area is 617 Å². The summed E-state index contributed by atoms with van der Waals surface area (Å²) in [6, 6.07) is 42.8. The summed E-state index contributed by atoms with van der Waals surface area (Å²) in [7, 11) is 9.73. The first-order valence-corrected chi connectivity index (χ1v) is 35.1. The lowest BCUT2D eigenvalue weighted by atomic mass is 10.0. The van der Waals surface area contributed by atoms with Gasteiger partial charge in [0.2, 0.25) is 11.8 Å². The average Bonchev–Trinajstić information content (AvgIpc) is 0.772. The maximum absolute atomic E-state index is 13.1. The number of hydrogen-bond acceptors (Lipinski definition) is 16. The minimum atomic E-state index is -0.319. The molecule has 26 heteroatoms. The lowest BCUT2D eigenvalue weighted by Crippen LogP contribution is -2.49. The Balaban J connectivity index is 0.000000164. The van der Waals surface area contributed by atoms with Gasteiger partial charge in [-0.05, 0) is 127 Å². The molecule has 12 rings (SSSR count). The van der Waals surface area contributed by atoms with Gasteiger partial charge in [0.25, 0.3) is 23.3 Å². The first-order valence-electron chi connectivity index (χ1n) is 32.8. The Morgan fingerprint density at radius 2 is 0.822 bits per heavy atom. The Kier molecular flexibility index (Phi) is 25.1. The lowest BCUT2D eigenvalue weighted by molar-refractivity contribution is 0.0739. The van der Waals surface area contributed by atoms with E-state index in [-0.39, 0.29) is 28.8 Å². The number of piperazine rings is 3. The SMILES string of the molecule is CN(C)CCCOc1nc2ccccc2c(N2CCN(C(=O)c3ccc(Cl)c(Cl)c3)CC2)c1C#N.Cc1ccc2nc(OCCCN(C)C)c(C#N)c(N3CCN(C(=O)c4ccc(Cl)c(Cl)c4)CC3)c2c1.Cn1c(=O)c(C#N)c(N2CCN(C(=O)c3ccc(Cl)c(Cl)c3)CC2)c2ccccc21. The number of anilines is 3. The fourth-order valence-electron chi connectivity index (χ4n) is 12.4. The number of aromatic nitrogens is 3. The summed E-state index contributed by atoms with van der Waals surface area (Å²) in [4.78, 5) is 76.8. The molecular formula is C75H74Cl6N14O6. The number of halogens is 6. The first-order chi connectivity index (χ1) is 48.6. The summed E-state index contributed by atoms with van der Waals surface area (Å²) in [5, 5.41) is 34.9. The van der Waals surface area contributed by atoms with Crippen LogP contribution in [0, 0.1) is 40.9 Å². The molecular weight excluding hydrogens is 1410 g/mol. The molecule has 9 aromatic rings. The van der Waals surface area contributed by atoms with Gasteiger partial charge in [0.15, 0.2) is 0 Å². The Bertz CT molecular complexity index is 4780. The predicted octanol–water partition coefficient (Wildman–Crippen LogP) is 13.4. The predicted molar refractivity (Wildman–Crippen MR) is 403 cm³/mol. The van der Waals surface area contributed by atoms with Crippen LogP contribution in [-0.4, -0.2) is 190 Å². The number of para-hydroxylation sites is 2. The number of carbonyl (C=O) groups is 3. The molecule has 0 saturated carbocycles. The standard InChI is InChI=1S/C27H29Cl2N5O2.C26H27Cl2N5O2.C22H18Cl2N4O2/c1-18-5-8-24-20(15-18)25(21(17-30)26(31-24)36-14-4-9-32(2)3)33-10-12-34(13-11-33)27(35)19-6-7-22(28)23(29)16-19;1-31(2)10-5-15-35-25-20(17-29)24(19-6-3-4-7-23(19)30-25)32-11-13-33(14-12-32)26(34)18-8-9-21(27)22(28)16-18;1-26-19-5-3-2-4-15(19)20(16(13-25)22(26)30)27-8-10-28(11-9-27)21(29)14-6-7-17(23)18(24)12-14/h5-8,15-16H,4,9-14H2,1-3H3;3-4,6-9,16H,5,10-15H2,1-2H3;2-7,12H,8-11H2,1H3. The zero-order valence-corrected chi connectivity index (χ0v) is 61.3. The summed E-state index contributed by atoms with van der Waals surface area (Å²) in [6.07, 6.45) is 1.66. The Hall–Kier alpha value is -9.11. The van der Waals surface area contributed by atoms with E-state index >= 15 is 0 Å². The fraction of sp³-hybridized carbons (Fsp3) is 0.320. The van der Waals surface area contributed by atoms with Crippen LogP contribution < -0.4 is 29.7 Å². The van der Waals surface area contributed by atoms with Gasteiger partial charge in [-0.15, -0.1) is 0 Å². The van der Waals surface area contributed by atoms with Crippen LogP contribution in [0.4, 0.5) is 17.1 Å². The van der Waals surface area contributed by atoms with E-state index in [9.17, 15) is 35.0 Å². The van der Waals surface area contributed by atoms with E-state index in [4.69, 9.17) is 79.1 Å². The van der Waals surface area contributed by atoms with Crippen LogP contribution in [0.3, 0.4) is 0 Å². The molecule has 0 unspecified atom stereocenters. The highest BCUT2D eigenvalue weighted by Gasteiger charge is 2.31. The zero-order valence-electron chi connectivity index (χ0n) is 56.8. The van der Waals surface area contributed by atoms with Crippen molar-refractivity contribution in [1.82, 2.24) is 39.0 Å². The van der Waals surface area contributed by atoms with E-state index < -0.39 is 0 Å². The van der Waals surface area contributed by atoms with Crippen molar-refractivity contribution >= 4 is 137 Å². The quantitative estimate of drug-likeness (QED) is 0.0822. The maximum Gasteiger partial charge on any atom is 0.270 e. The van der Waals surface area contributed by atoms with Crippen molar-refractivity contribution in [3.05, 3.63) is 201 Å². The van der Waals surface area contributed by atoms with Crippen LogP contribution in [0.5, 0.6) is 11.8 Å². The third kappa shape index (κ3) is 17.4. The Morgan fingerprint density at radius 1 is 0.455 bits per heavy atom. The number of carbonyl (C=O) groups excluding carboxylic acids is 3. The van der Waals surface area contributed by atoms with E-state index in [1.807, 2.05) is 101 Å². The van der Waals surface area contributed by atoms with Gasteiger partial charge in [-0.25, -0.2) is 9.97 Å². The molecule has 3 aliphatic heterocycles. The molecule has 3 aromatic heterocycles. The van der Waals surface area contributed by atoms with Crippen LogP contribution in [0.25, 0.3) is 32.7 Å². The van der Waals surface area contributed by atoms with Crippen LogP contribution in [0.15, 0.2) is 126 Å². The first kappa shape index (κ1) is 74.6. The molecule has 522 valence electrons. The molecule has 0 aliphatic carbocycles. The van der Waals surface area contributed by atoms with E-state index in [0.717, 1.165) is 75.6 Å². The second-order valence-electron chi connectivity index (χ2n) is 25.0. The normalized spacial score (nSPS) is 13.9.